The number of nitriles is 1. The fourth-order valence-electron chi connectivity index (χ4n) is 1.51. The number of rotatable bonds is 4. The number of hydrogen-bond donors (Lipinski definition) is 0. The van der Waals surface area contributed by atoms with E-state index in [0.29, 0.717) is 0 Å². The molecule has 1 unspecified atom stereocenters. The first-order valence-corrected chi connectivity index (χ1v) is 5.24. The molecule has 0 aliphatic heterocycles. The standard InChI is InChI=1S/C13H17N/c1-3-4-5-13(10-14)12-8-6-11(2)7-9-12/h6-9,13H,3-5H2,1-2H3. The van der Waals surface area contributed by atoms with Crippen molar-refractivity contribution in [1.82, 2.24) is 0 Å². The molecule has 1 nitrogen and oxygen atoms in total. The summed E-state index contributed by atoms with van der Waals surface area (Å²) in [5, 5.41) is 9.03. The van der Waals surface area contributed by atoms with Crippen LogP contribution in [-0.2, 0) is 0 Å². The van der Waals surface area contributed by atoms with Gasteiger partial charge in [0.25, 0.3) is 0 Å². The highest BCUT2D eigenvalue weighted by atomic mass is 14.3. The Labute approximate surface area is 86.4 Å². The third-order valence-electron chi connectivity index (χ3n) is 2.48. The van der Waals surface area contributed by atoms with E-state index in [0.717, 1.165) is 24.8 Å². The molecule has 74 valence electrons. The maximum Gasteiger partial charge on any atom is 0.0712 e. The summed E-state index contributed by atoms with van der Waals surface area (Å²) in [4.78, 5) is 0. The zero-order valence-electron chi connectivity index (χ0n) is 8.96. The van der Waals surface area contributed by atoms with E-state index < -0.39 is 0 Å². The molecule has 1 aromatic carbocycles. The van der Waals surface area contributed by atoms with Crippen LogP contribution < -0.4 is 0 Å². The van der Waals surface area contributed by atoms with Crippen LogP contribution in [0.5, 0.6) is 0 Å². The van der Waals surface area contributed by atoms with Crippen LogP contribution in [0.1, 0.15) is 43.2 Å². The SMILES string of the molecule is CCCCC(C#N)c1ccc(C)cc1. The Morgan fingerprint density at radius 1 is 1.29 bits per heavy atom. The third-order valence-corrected chi connectivity index (χ3v) is 2.48. The quantitative estimate of drug-likeness (QED) is 0.703. The van der Waals surface area contributed by atoms with Gasteiger partial charge in [0, 0.05) is 0 Å². The van der Waals surface area contributed by atoms with Gasteiger partial charge < -0.3 is 0 Å². The minimum atomic E-state index is 0.0792. The fourth-order valence-corrected chi connectivity index (χ4v) is 1.51. The summed E-state index contributed by atoms with van der Waals surface area (Å²) < 4.78 is 0. The third kappa shape index (κ3) is 2.88. The zero-order chi connectivity index (χ0) is 10.4. The van der Waals surface area contributed by atoms with E-state index in [2.05, 4.69) is 44.2 Å². The molecule has 0 aliphatic rings. The van der Waals surface area contributed by atoms with E-state index >= 15 is 0 Å². The molecule has 0 fully saturated rings. The van der Waals surface area contributed by atoms with Gasteiger partial charge in [-0.3, -0.25) is 0 Å². The van der Waals surface area contributed by atoms with Crippen LogP contribution in [0, 0.1) is 18.3 Å². The second-order valence-corrected chi connectivity index (χ2v) is 3.73. The number of unbranched alkanes of at least 4 members (excludes halogenated alkanes) is 1. The number of hydrogen-bond acceptors (Lipinski definition) is 1. The first-order valence-electron chi connectivity index (χ1n) is 5.24. The summed E-state index contributed by atoms with van der Waals surface area (Å²) in [6, 6.07) is 10.7. The van der Waals surface area contributed by atoms with Crippen LogP contribution in [0.2, 0.25) is 0 Å². The summed E-state index contributed by atoms with van der Waals surface area (Å²) in [7, 11) is 0. The van der Waals surface area contributed by atoms with Gasteiger partial charge in [0.2, 0.25) is 0 Å². The molecule has 1 rings (SSSR count). The average Bonchev–Trinajstić information content (AvgIpc) is 2.21. The molecule has 14 heavy (non-hydrogen) atoms. The van der Waals surface area contributed by atoms with Gasteiger partial charge in [0.15, 0.2) is 0 Å². The van der Waals surface area contributed by atoms with Crippen LogP contribution in [0.3, 0.4) is 0 Å². The van der Waals surface area contributed by atoms with Crippen molar-refractivity contribution in [2.75, 3.05) is 0 Å². The van der Waals surface area contributed by atoms with Crippen molar-refractivity contribution in [3.05, 3.63) is 35.4 Å². The van der Waals surface area contributed by atoms with Gasteiger partial charge in [-0.05, 0) is 18.9 Å². The lowest BCUT2D eigenvalue weighted by Gasteiger charge is -2.08. The van der Waals surface area contributed by atoms with Gasteiger partial charge in [-0.15, -0.1) is 0 Å². The zero-order valence-corrected chi connectivity index (χ0v) is 8.96. The molecule has 1 aromatic rings. The largest absolute Gasteiger partial charge is 0.198 e. The Hall–Kier alpha value is -1.29. The molecule has 1 atom stereocenters. The number of benzene rings is 1. The summed E-state index contributed by atoms with van der Waals surface area (Å²) in [6.07, 6.45) is 3.27. The molecular weight excluding hydrogens is 170 g/mol. The Kier molecular flexibility index (Phi) is 4.19. The predicted molar refractivity (Wildman–Crippen MR) is 59.1 cm³/mol. The van der Waals surface area contributed by atoms with Crippen LogP contribution in [-0.4, -0.2) is 0 Å². The summed E-state index contributed by atoms with van der Waals surface area (Å²) >= 11 is 0. The average molecular weight is 187 g/mol. The van der Waals surface area contributed by atoms with Crippen molar-refractivity contribution in [2.24, 2.45) is 0 Å². The van der Waals surface area contributed by atoms with Gasteiger partial charge in [-0.2, -0.15) is 5.26 Å². The normalized spacial score (nSPS) is 12.1. The molecule has 0 N–H and O–H groups in total. The minimum Gasteiger partial charge on any atom is -0.198 e. The van der Waals surface area contributed by atoms with Gasteiger partial charge in [-0.1, -0.05) is 49.6 Å². The lowest BCUT2D eigenvalue weighted by molar-refractivity contribution is 0.671. The minimum absolute atomic E-state index is 0.0792. The van der Waals surface area contributed by atoms with Gasteiger partial charge in [0.05, 0.1) is 12.0 Å². The molecule has 0 aliphatic carbocycles. The molecule has 0 spiro atoms. The maximum atomic E-state index is 9.03. The maximum absolute atomic E-state index is 9.03. The van der Waals surface area contributed by atoms with Crippen LogP contribution in [0.15, 0.2) is 24.3 Å². The molecule has 0 aromatic heterocycles. The van der Waals surface area contributed by atoms with Crippen molar-refractivity contribution in [3.8, 4) is 6.07 Å². The van der Waals surface area contributed by atoms with Gasteiger partial charge in [0.1, 0.15) is 0 Å². The Morgan fingerprint density at radius 2 is 1.93 bits per heavy atom. The van der Waals surface area contributed by atoms with E-state index in [1.807, 2.05) is 0 Å². The van der Waals surface area contributed by atoms with Gasteiger partial charge in [-0.25, -0.2) is 0 Å². The van der Waals surface area contributed by atoms with Crippen molar-refractivity contribution in [3.63, 3.8) is 0 Å². The van der Waals surface area contributed by atoms with E-state index in [1.54, 1.807) is 0 Å². The molecule has 0 saturated carbocycles. The molecule has 1 heteroatoms. The molecule has 0 bridgehead atoms. The Balaban J connectivity index is 2.70. The highest BCUT2D eigenvalue weighted by molar-refractivity contribution is 5.27. The van der Waals surface area contributed by atoms with E-state index in [-0.39, 0.29) is 5.92 Å². The Morgan fingerprint density at radius 3 is 2.43 bits per heavy atom. The highest BCUT2D eigenvalue weighted by Crippen LogP contribution is 2.21. The smallest absolute Gasteiger partial charge is 0.0712 e. The van der Waals surface area contributed by atoms with E-state index in [1.165, 1.54) is 5.56 Å². The molecule has 0 heterocycles. The number of nitrogens with zero attached hydrogens (tertiary/aromatic N) is 1. The molecule has 0 radical (unpaired) electrons. The second-order valence-electron chi connectivity index (χ2n) is 3.73. The van der Waals surface area contributed by atoms with Crippen molar-refractivity contribution < 1.29 is 0 Å². The highest BCUT2D eigenvalue weighted by Gasteiger charge is 2.08. The fraction of sp³-hybridized carbons (Fsp3) is 0.462. The second kappa shape index (κ2) is 5.44. The topological polar surface area (TPSA) is 23.8 Å². The van der Waals surface area contributed by atoms with E-state index in [9.17, 15) is 0 Å². The number of aryl methyl sites for hydroxylation is 1. The van der Waals surface area contributed by atoms with Crippen molar-refractivity contribution in [2.45, 2.75) is 39.0 Å². The van der Waals surface area contributed by atoms with Crippen molar-refractivity contribution >= 4 is 0 Å². The van der Waals surface area contributed by atoms with Gasteiger partial charge >= 0.3 is 0 Å². The summed E-state index contributed by atoms with van der Waals surface area (Å²) in [6.45, 7) is 4.22. The summed E-state index contributed by atoms with van der Waals surface area (Å²) in [5.74, 6) is 0.0792. The molecule has 0 saturated heterocycles. The van der Waals surface area contributed by atoms with Crippen LogP contribution in [0.4, 0.5) is 0 Å². The molecule has 0 amide bonds. The van der Waals surface area contributed by atoms with Crippen molar-refractivity contribution in [1.29, 1.82) is 5.26 Å². The first kappa shape index (κ1) is 10.8. The van der Waals surface area contributed by atoms with Crippen LogP contribution >= 0.6 is 0 Å². The first-order chi connectivity index (χ1) is 6.77. The predicted octanol–water partition coefficient (Wildman–Crippen LogP) is 3.79. The Bertz CT molecular complexity index is 305. The van der Waals surface area contributed by atoms with Crippen LogP contribution in [0.25, 0.3) is 0 Å². The molecular formula is C13H17N. The monoisotopic (exact) mass is 187 g/mol. The lowest BCUT2D eigenvalue weighted by atomic mass is 9.94. The van der Waals surface area contributed by atoms with E-state index in [4.69, 9.17) is 5.26 Å². The summed E-state index contributed by atoms with van der Waals surface area (Å²) in [5.41, 5.74) is 2.41. The lowest BCUT2D eigenvalue weighted by Crippen LogP contribution is -1.95.